The molecule has 0 aromatic heterocycles. The van der Waals surface area contributed by atoms with Crippen molar-refractivity contribution in [1.29, 1.82) is 5.26 Å². The first kappa shape index (κ1) is 15.5. The van der Waals surface area contributed by atoms with E-state index in [2.05, 4.69) is 0 Å². The predicted octanol–water partition coefficient (Wildman–Crippen LogP) is 3.29. The number of carbonyl (C=O) groups is 1. The van der Waals surface area contributed by atoms with Crippen LogP contribution in [0, 0.1) is 17.1 Å². The van der Waals surface area contributed by atoms with Crippen molar-refractivity contribution in [2.24, 2.45) is 0 Å². The normalized spacial score (nSPS) is 10.0. The molecule has 2 rings (SSSR count). The Bertz CT molecular complexity index is 705. The second kappa shape index (κ2) is 7.23. The Morgan fingerprint density at radius 2 is 1.86 bits per heavy atom. The number of hydrogen-bond donors (Lipinski definition) is 1. The van der Waals surface area contributed by atoms with Gasteiger partial charge < -0.3 is 9.84 Å². The molecule has 1 N–H and O–H groups in total. The summed E-state index contributed by atoms with van der Waals surface area (Å²) in [5.41, 5.74) is 2.06. The molecule has 0 fully saturated rings. The molecule has 5 heteroatoms. The Morgan fingerprint density at radius 3 is 2.50 bits per heavy atom. The zero-order valence-corrected chi connectivity index (χ0v) is 11.8. The van der Waals surface area contributed by atoms with Gasteiger partial charge in [-0.05, 0) is 29.7 Å². The second-order valence-electron chi connectivity index (χ2n) is 4.75. The molecule has 0 bridgehead atoms. The van der Waals surface area contributed by atoms with E-state index < -0.39 is 11.8 Å². The first-order valence-electron chi connectivity index (χ1n) is 6.70. The highest BCUT2D eigenvalue weighted by molar-refractivity contribution is 5.67. The minimum absolute atomic E-state index is 0.0880. The highest BCUT2D eigenvalue weighted by Gasteiger charge is 2.06. The van der Waals surface area contributed by atoms with Gasteiger partial charge in [0, 0.05) is 12.5 Å². The van der Waals surface area contributed by atoms with Crippen LogP contribution >= 0.6 is 0 Å². The number of aryl methyl sites for hydroxylation is 1. The highest BCUT2D eigenvalue weighted by atomic mass is 19.1. The maximum atomic E-state index is 13.2. The molecule has 112 valence electrons. The fraction of sp³-hybridized carbons (Fsp3) is 0.176. The van der Waals surface area contributed by atoms with Crippen LogP contribution in [0.25, 0.3) is 0 Å². The molecule has 2 aromatic carbocycles. The molecule has 2 aromatic rings. The molecule has 0 atom stereocenters. The maximum absolute atomic E-state index is 13.2. The molecular weight excluding hydrogens is 285 g/mol. The zero-order valence-electron chi connectivity index (χ0n) is 11.8. The molecule has 4 nitrogen and oxygen atoms in total. The van der Waals surface area contributed by atoms with Crippen molar-refractivity contribution < 1.29 is 19.0 Å². The molecule has 0 aliphatic carbocycles. The van der Waals surface area contributed by atoms with Crippen molar-refractivity contribution in [3.05, 3.63) is 65.0 Å². The third-order valence-electron chi connectivity index (χ3n) is 3.11. The van der Waals surface area contributed by atoms with Crippen LogP contribution in [0.5, 0.6) is 5.75 Å². The Kier molecular flexibility index (Phi) is 5.10. The first-order valence-corrected chi connectivity index (χ1v) is 6.70. The molecule has 0 amide bonds. The molecule has 0 heterocycles. The topological polar surface area (TPSA) is 70.3 Å². The Labute approximate surface area is 127 Å². The van der Waals surface area contributed by atoms with Crippen LogP contribution in [0.2, 0.25) is 0 Å². The number of ether oxygens (including phenoxy) is 1. The number of halogens is 1. The average molecular weight is 299 g/mol. The molecular formula is C17H14FNO3. The SMILES string of the molecule is N#Cc1ccc(F)cc1OCc1ccc(CCC(=O)O)cc1. The van der Waals surface area contributed by atoms with Gasteiger partial charge in [0.25, 0.3) is 0 Å². The predicted molar refractivity (Wildman–Crippen MR) is 77.8 cm³/mol. The largest absolute Gasteiger partial charge is 0.487 e. The number of nitriles is 1. The quantitative estimate of drug-likeness (QED) is 0.888. The van der Waals surface area contributed by atoms with Crippen LogP contribution in [-0.2, 0) is 17.8 Å². The second-order valence-corrected chi connectivity index (χ2v) is 4.75. The van der Waals surface area contributed by atoms with Crippen molar-refractivity contribution in [1.82, 2.24) is 0 Å². The van der Waals surface area contributed by atoms with E-state index in [-0.39, 0.29) is 24.3 Å². The standard InChI is InChI=1S/C17H14FNO3/c18-15-7-6-14(10-19)16(9-15)22-11-13-3-1-12(2-4-13)5-8-17(20)21/h1-4,6-7,9H,5,8,11H2,(H,20,21). The number of carboxylic acid groups (broad SMARTS) is 1. The van der Waals surface area contributed by atoms with Gasteiger partial charge in [-0.2, -0.15) is 5.26 Å². The highest BCUT2D eigenvalue weighted by Crippen LogP contribution is 2.20. The van der Waals surface area contributed by atoms with Crippen LogP contribution < -0.4 is 4.74 Å². The van der Waals surface area contributed by atoms with Crippen molar-refractivity contribution >= 4 is 5.97 Å². The molecule has 0 unspecified atom stereocenters. The molecule has 0 radical (unpaired) electrons. The van der Waals surface area contributed by atoms with Crippen LogP contribution in [-0.4, -0.2) is 11.1 Å². The molecule has 0 aliphatic heterocycles. The van der Waals surface area contributed by atoms with E-state index in [0.29, 0.717) is 6.42 Å². The van der Waals surface area contributed by atoms with Gasteiger partial charge in [0.05, 0.1) is 5.56 Å². The van der Waals surface area contributed by atoms with Crippen LogP contribution in [0.1, 0.15) is 23.1 Å². The summed E-state index contributed by atoms with van der Waals surface area (Å²) in [7, 11) is 0. The fourth-order valence-electron chi connectivity index (χ4n) is 1.92. The van der Waals surface area contributed by atoms with Gasteiger partial charge in [0.15, 0.2) is 0 Å². The van der Waals surface area contributed by atoms with E-state index in [4.69, 9.17) is 15.1 Å². The average Bonchev–Trinajstić information content (AvgIpc) is 2.52. The number of rotatable bonds is 6. The lowest BCUT2D eigenvalue weighted by molar-refractivity contribution is -0.136. The van der Waals surface area contributed by atoms with E-state index in [1.165, 1.54) is 18.2 Å². The van der Waals surface area contributed by atoms with Crippen molar-refractivity contribution in [2.75, 3.05) is 0 Å². The monoisotopic (exact) mass is 299 g/mol. The Balaban J connectivity index is 1.99. The third kappa shape index (κ3) is 4.32. The van der Waals surface area contributed by atoms with Crippen molar-refractivity contribution in [3.63, 3.8) is 0 Å². The number of benzene rings is 2. The molecule has 0 saturated carbocycles. The minimum Gasteiger partial charge on any atom is -0.487 e. The molecule has 22 heavy (non-hydrogen) atoms. The lowest BCUT2D eigenvalue weighted by Crippen LogP contribution is -1.99. The Morgan fingerprint density at radius 1 is 1.18 bits per heavy atom. The summed E-state index contributed by atoms with van der Waals surface area (Å²) in [5.74, 6) is -1.09. The van der Waals surface area contributed by atoms with E-state index in [0.717, 1.165) is 11.1 Å². The number of hydrogen-bond acceptors (Lipinski definition) is 3. The summed E-state index contributed by atoms with van der Waals surface area (Å²) < 4.78 is 18.7. The van der Waals surface area contributed by atoms with Crippen LogP contribution in [0.4, 0.5) is 4.39 Å². The first-order chi connectivity index (χ1) is 10.6. The summed E-state index contributed by atoms with van der Waals surface area (Å²) in [6, 6.07) is 13.0. The van der Waals surface area contributed by atoms with E-state index in [9.17, 15) is 9.18 Å². The Hall–Kier alpha value is -2.87. The van der Waals surface area contributed by atoms with Crippen molar-refractivity contribution in [3.8, 4) is 11.8 Å². The summed E-state index contributed by atoms with van der Waals surface area (Å²) >= 11 is 0. The van der Waals surface area contributed by atoms with Crippen LogP contribution in [0.3, 0.4) is 0 Å². The van der Waals surface area contributed by atoms with E-state index in [1.54, 1.807) is 0 Å². The van der Waals surface area contributed by atoms with Gasteiger partial charge in [-0.3, -0.25) is 4.79 Å². The fourth-order valence-corrected chi connectivity index (χ4v) is 1.92. The summed E-state index contributed by atoms with van der Waals surface area (Å²) in [4.78, 5) is 10.5. The van der Waals surface area contributed by atoms with Gasteiger partial charge in [-0.15, -0.1) is 0 Å². The molecule has 0 aliphatic rings. The van der Waals surface area contributed by atoms with Crippen LogP contribution in [0.15, 0.2) is 42.5 Å². The minimum atomic E-state index is -0.831. The number of aliphatic carboxylic acids is 1. The van der Waals surface area contributed by atoms with Crippen molar-refractivity contribution in [2.45, 2.75) is 19.4 Å². The lowest BCUT2D eigenvalue weighted by Gasteiger charge is -2.08. The molecule has 0 saturated heterocycles. The van der Waals surface area contributed by atoms with Gasteiger partial charge in [0.2, 0.25) is 0 Å². The zero-order chi connectivity index (χ0) is 15.9. The van der Waals surface area contributed by atoms with Gasteiger partial charge in [0.1, 0.15) is 24.2 Å². The van der Waals surface area contributed by atoms with Gasteiger partial charge in [-0.1, -0.05) is 24.3 Å². The van der Waals surface area contributed by atoms with Gasteiger partial charge >= 0.3 is 5.97 Å². The summed E-state index contributed by atoms with van der Waals surface area (Å²) in [6.45, 7) is 0.206. The lowest BCUT2D eigenvalue weighted by atomic mass is 10.1. The maximum Gasteiger partial charge on any atom is 0.303 e. The van der Waals surface area contributed by atoms with E-state index >= 15 is 0 Å². The van der Waals surface area contributed by atoms with Gasteiger partial charge in [-0.25, -0.2) is 4.39 Å². The molecule has 0 spiro atoms. The summed E-state index contributed by atoms with van der Waals surface area (Å²) in [5, 5.41) is 17.6. The van der Waals surface area contributed by atoms with E-state index in [1.807, 2.05) is 30.3 Å². The summed E-state index contributed by atoms with van der Waals surface area (Å²) in [6.07, 6.45) is 0.559. The number of nitrogens with zero attached hydrogens (tertiary/aromatic N) is 1. The third-order valence-corrected chi connectivity index (χ3v) is 3.11. The number of carboxylic acids is 1. The smallest absolute Gasteiger partial charge is 0.303 e.